The molecule has 0 saturated carbocycles. The third-order valence-electron chi connectivity index (χ3n) is 4.31. The van der Waals surface area contributed by atoms with Crippen molar-refractivity contribution in [3.05, 3.63) is 46.3 Å². The number of nitrogens with zero attached hydrogens (tertiary/aromatic N) is 2. The first-order valence-electron chi connectivity index (χ1n) is 8.64. The molecule has 1 atom stereocenters. The SMILES string of the molecule is C[C@@H]1CNCCN1c1ccc(NC(=O)c2ccc(Br)c(OC(F)(F)F)c2F)cn1. The molecule has 1 aromatic heterocycles. The number of halogens is 5. The summed E-state index contributed by atoms with van der Waals surface area (Å²) in [4.78, 5) is 18.8. The molecule has 2 aromatic rings. The number of amides is 1. The largest absolute Gasteiger partial charge is 0.573 e. The third kappa shape index (κ3) is 5.15. The molecule has 156 valence electrons. The molecule has 1 amide bonds. The summed E-state index contributed by atoms with van der Waals surface area (Å²) in [7, 11) is 0. The first-order chi connectivity index (χ1) is 13.7. The molecule has 3 rings (SSSR count). The molecular formula is C18H17BrF4N4O2. The highest BCUT2D eigenvalue weighted by Crippen LogP contribution is 2.34. The zero-order valence-electron chi connectivity index (χ0n) is 15.2. The molecule has 6 nitrogen and oxygen atoms in total. The first-order valence-corrected chi connectivity index (χ1v) is 9.43. The van der Waals surface area contributed by atoms with Crippen molar-refractivity contribution in [1.29, 1.82) is 0 Å². The number of nitrogens with one attached hydrogen (secondary N) is 2. The summed E-state index contributed by atoms with van der Waals surface area (Å²) in [6.45, 7) is 4.49. The molecule has 2 heterocycles. The van der Waals surface area contributed by atoms with Gasteiger partial charge in [0, 0.05) is 25.7 Å². The van der Waals surface area contributed by atoms with Crippen LogP contribution in [0.1, 0.15) is 17.3 Å². The fourth-order valence-electron chi connectivity index (χ4n) is 2.93. The maximum Gasteiger partial charge on any atom is 0.573 e. The smallest absolute Gasteiger partial charge is 0.401 e. The predicted octanol–water partition coefficient (Wildman–Crippen LogP) is 3.93. The standard InChI is InChI=1S/C18H17BrF4N4O2/c1-10-8-24-6-7-27(10)14-5-2-11(9-25-14)26-17(28)12-3-4-13(19)16(15(12)20)29-18(21,22)23/h2-5,9-10,24H,6-8H2,1H3,(H,26,28)/t10-/m1/s1. The van der Waals surface area contributed by atoms with Gasteiger partial charge >= 0.3 is 6.36 Å². The number of aromatic nitrogens is 1. The molecule has 1 fully saturated rings. The van der Waals surface area contributed by atoms with E-state index in [0.29, 0.717) is 0 Å². The summed E-state index contributed by atoms with van der Waals surface area (Å²) in [5.74, 6) is -2.72. The van der Waals surface area contributed by atoms with E-state index in [1.165, 1.54) is 6.20 Å². The third-order valence-corrected chi connectivity index (χ3v) is 4.94. The number of carbonyl (C=O) groups is 1. The van der Waals surface area contributed by atoms with Crippen molar-refractivity contribution in [1.82, 2.24) is 10.3 Å². The van der Waals surface area contributed by atoms with Crippen LogP contribution in [-0.2, 0) is 0 Å². The summed E-state index contributed by atoms with van der Waals surface area (Å²) in [5.41, 5.74) is -0.311. The van der Waals surface area contributed by atoms with Gasteiger partial charge in [-0.15, -0.1) is 13.2 Å². The number of pyridine rings is 1. The van der Waals surface area contributed by atoms with Gasteiger partial charge in [0.25, 0.3) is 5.91 Å². The maximum absolute atomic E-state index is 14.4. The highest BCUT2D eigenvalue weighted by Gasteiger charge is 2.34. The average molecular weight is 477 g/mol. The number of hydrogen-bond acceptors (Lipinski definition) is 5. The Morgan fingerprint density at radius 3 is 2.72 bits per heavy atom. The number of carbonyl (C=O) groups excluding carboxylic acids is 1. The topological polar surface area (TPSA) is 66.5 Å². The maximum atomic E-state index is 14.4. The second-order valence-corrected chi connectivity index (χ2v) is 7.25. The van der Waals surface area contributed by atoms with Crippen LogP contribution in [0.25, 0.3) is 0 Å². The minimum absolute atomic E-state index is 0.251. The van der Waals surface area contributed by atoms with Crippen LogP contribution in [0.2, 0.25) is 0 Å². The van der Waals surface area contributed by atoms with Gasteiger partial charge in [0.05, 0.1) is 21.9 Å². The Morgan fingerprint density at radius 2 is 2.10 bits per heavy atom. The van der Waals surface area contributed by atoms with E-state index in [0.717, 1.165) is 37.6 Å². The monoisotopic (exact) mass is 476 g/mol. The van der Waals surface area contributed by atoms with Gasteiger partial charge in [-0.2, -0.15) is 0 Å². The minimum Gasteiger partial charge on any atom is -0.401 e. The van der Waals surface area contributed by atoms with E-state index in [1.54, 1.807) is 12.1 Å². The van der Waals surface area contributed by atoms with Crippen molar-refractivity contribution in [2.75, 3.05) is 29.9 Å². The Balaban J connectivity index is 1.76. The van der Waals surface area contributed by atoms with Crippen molar-refractivity contribution in [3.8, 4) is 5.75 Å². The molecule has 1 aliphatic rings. The molecule has 0 unspecified atom stereocenters. The van der Waals surface area contributed by atoms with Crippen LogP contribution >= 0.6 is 15.9 Å². The molecule has 0 bridgehead atoms. The molecule has 11 heteroatoms. The molecule has 1 aliphatic heterocycles. The molecule has 29 heavy (non-hydrogen) atoms. The van der Waals surface area contributed by atoms with Crippen molar-refractivity contribution in [2.24, 2.45) is 0 Å². The van der Waals surface area contributed by atoms with Gasteiger partial charge in [-0.05, 0) is 47.1 Å². The number of rotatable bonds is 4. The predicted molar refractivity (Wildman–Crippen MR) is 103 cm³/mol. The van der Waals surface area contributed by atoms with E-state index in [-0.39, 0.29) is 16.2 Å². The van der Waals surface area contributed by atoms with Crippen LogP contribution in [0, 0.1) is 5.82 Å². The van der Waals surface area contributed by atoms with E-state index < -0.39 is 29.4 Å². The lowest BCUT2D eigenvalue weighted by Gasteiger charge is -2.34. The van der Waals surface area contributed by atoms with E-state index in [1.807, 2.05) is 0 Å². The molecule has 0 spiro atoms. The Hall–Kier alpha value is -2.40. The first kappa shape index (κ1) is 21.3. The molecule has 2 N–H and O–H groups in total. The lowest BCUT2D eigenvalue weighted by Crippen LogP contribution is -2.50. The van der Waals surface area contributed by atoms with Crippen LogP contribution < -0.4 is 20.3 Å². The number of alkyl halides is 3. The van der Waals surface area contributed by atoms with Gasteiger partial charge in [-0.3, -0.25) is 4.79 Å². The highest BCUT2D eigenvalue weighted by atomic mass is 79.9. The van der Waals surface area contributed by atoms with Crippen LogP contribution in [0.4, 0.5) is 29.1 Å². The lowest BCUT2D eigenvalue weighted by atomic mass is 10.1. The quantitative estimate of drug-likeness (QED) is 0.654. The Labute approximate surface area is 172 Å². The number of anilines is 2. The van der Waals surface area contributed by atoms with Crippen molar-refractivity contribution in [2.45, 2.75) is 19.3 Å². The highest BCUT2D eigenvalue weighted by molar-refractivity contribution is 9.10. The number of ether oxygens (including phenoxy) is 1. The summed E-state index contributed by atoms with van der Waals surface area (Å²) in [6, 6.07) is 5.72. The zero-order chi connectivity index (χ0) is 21.2. The molecule has 0 radical (unpaired) electrons. The normalized spacial score (nSPS) is 17.2. The van der Waals surface area contributed by atoms with Gasteiger partial charge in [0.1, 0.15) is 5.82 Å². The van der Waals surface area contributed by atoms with Crippen LogP contribution in [0.5, 0.6) is 5.75 Å². The van der Waals surface area contributed by atoms with E-state index in [4.69, 9.17) is 0 Å². The Bertz CT molecular complexity index is 893. The summed E-state index contributed by atoms with van der Waals surface area (Å²) in [6.07, 6.45) is -3.69. The summed E-state index contributed by atoms with van der Waals surface area (Å²) >= 11 is 2.78. The van der Waals surface area contributed by atoms with E-state index >= 15 is 0 Å². The molecular weight excluding hydrogens is 460 g/mol. The van der Waals surface area contributed by atoms with E-state index in [9.17, 15) is 22.4 Å². The minimum atomic E-state index is -5.10. The molecule has 0 aliphatic carbocycles. The number of benzene rings is 1. The zero-order valence-corrected chi connectivity index (χ0v) is 16.8. The van der Waals surface area contributed by atoms with Crippen LogP contribution in [0.3, 0.4) is 0 Å². The molecule has 1 aromatic carbocycles. The lowest BCUT2D eigenvalue weighted by molar-refractivity contribution is -0.275. The summed E-state index contributed by atoms with van der Waals surface area (Å²) in [5, 5.41) is 5.70. The number of piperazine rings is 1. The van der Waals surface area contributed by atoms with Gasteiger partial charge in [-0.1, -0.05) is 0 Å². The number of hydrogen-bond donors (Lipinski definition) is 2. The van der Waals surface area contributed by atoms with Gasteiger partial charge < -0.3 is 20.3 Å². The Morgan fingerprint density at radius 1 is 1.34 bits per heavy atom. The van der Waals surface area contributed by atoms with Gasteiger partial charge in [0.2, 0.25) is 0 Å². The van der Waals surface area contributed by atoms with Crippen LogP contribution in [-0.4, -0.2) is 42.9 Å². The van der Waals surface area contributed by atoms with Gasteiger partial charge in [-0.25, -0.2) is 9.37 Å². The van der Waals surface area contributed by atoms with E-state index in [2.05, 4.69) is 48.1 Å². The van der Waals surface area contributed by atoms with Crippen LogP contribution in [0.15, 0.2) is 34.9 Å². The van der Waals surface area contributed by atoms with Crippen molar-refractivity contribution >= 4 is 33.3 Å². The second kappa shape index (κ2) is 8.54. The molecule has 1 saturated heterocycles. The summed E-state index contributed by atoms with van der Waals surface area (Å²) < 4.78 is 55.3. The van der Waals surface area contributed by atoms with Crippen molar-refractivity contribution in [3.63, 3.8) is 0 Å². The average Bonchev–Trinajstić information content (AvgIpc) is 2.65. The van der Waals surface area contributed by atoms with Gasteiger partial charge in [0.15, 0.2) is 11.6 Å². The fraction of sp³-hybridized carbons (Fsp3) is 0.333. The fourth-order valence-corrected chi connectivity index (χ4v) is 3.31. The Kier molecular flexibility index (Phi) is 6.27. The second-order valence-electron chi connectivity index (χ2n) is 6.39. The van der Waals surface area contributed by atoms with Crippen molar-refractivity contribution < 1.29 is 27.1 Å².